The molecule has 0 bridgehead atoms. The van der Waals surface area contributed by atoms with Gasteiger partial charge in [0.2, 0.25) is 0 Å². The van der Waals surface area contributed by atoms with E-state index in [1.807, 2.05) is 0 Å². The number of anilines is 1. The van der Waals surface area contributed by atoms with Crippen molar-refractivity contribution < 1.29 is 9.47 Å². The Balaban J connectivity index is 2.10. The van der Waals surface area contributed by atoms with Gasteiger partial charge in [-0.15, -0.1) is 0 Å². The van der Waals surface area contributed by atoms with Crippen LogP contribution < -0.4 is 15.8 Å². The fourth-order valence-electron chi connectivity index (χ4n) is 1.36. The highest BCUT2D eigenvalue weighted by Gasteiger charge is 2.08. The van der Waals surface area contributed by atoms with Gasteiger partial charge in [0.1, 0.15) is 24.4 Å². The summed E-state index contributed by atoms with van der Waals surface area (Å²) < 4.78 is 11.6. The second-order valence-electron chi connectivity index (χ2n) is 3.53. The number of hydrogen-bond acceptors (Lipinski definition) is 4. The van der Waals surface area contributed by atoms with Gasteiger partial charge in [-0.05, 0) is 28.1 Å². The average molecular weight is 320 g/mol. The van der Waals surface area contributed by atoms with Gasteiger partial charge in [-0.3, -0.25) is 0 Å². The van der Waals surface area contributed by atoms with E-state index in [1.54, 1.807) is 18.4 Å². The predicted molar refractivity (Wildman–Crippen MR) is 71.1 cm³/mol. The molecule has 0 aliphatic carbocycles. The second-order valence-corrected chi connectivity index (χ2v) is 4.79. The smallest absolute Gasteiger partial charge is 0.146 e. The van der Waals surface area contributed by atoms with Crippen molar-refractivity contribution in [3.63, 3.8) is 0 Å². The van der Waals surface area contributed by atoms with Crippen LogP contribution in [-0.4, -0.2) is 19.7 Å². The summed E-state index contributed by atoms with van der Waals surface area (Å²) in [6.45, 7) is 2.16. The predicted octanol–water partition coefficient (Wildman–Crippen LogP) is 2.52. The lowest BCUT2D eigenvalue weighted by molar-refractivity contribution is 0.168. The van der Waals surface area contributed by atoms with E-state index in [0.717, 1.165) is 16.8 Å². The summed E-state index contributed by atoms with van der Waals surface area (Å²) in [5.74, 6) is 1.29. The van der Waals surface area contributed by atoms with Crippen LogP contribution in [0.25, 0.3) is 0 Å². The molecule has 1 aliphatic rings. The lowest BCUT2D eigenvalue weighted by Crippen LogP contribution is -2.29. The maximum Gasteiger partial charge on any atom is 0.146 e. The summed E-state index contributed by atoms with van der Waals surface area (Å²) in [6.07, 6.45) is 1.55. The van der Waals surface area contributed by atoms with Crippen molar-refractivity contribution in [1.82, 2.24) is 5.32 Å². The molecule has 0 saturated carbocycles. The Hall–Kier alpha value is -0.910. The largest absolute Gasteiger partial charge is 0.492 e. The van der Waals surface area contributed by atoms with Crippen LogP contribution >= 0.6 is 27.5 Å². The third-order valence-electron chi connectivity index (χ3n) is 2.23. The fraction of sp³-hybridized carbons (Fsp3) is 0.273. The van der Waals surface area contributed by atoms with E-state index in [4.69, 9.17) is 26.8 Å². The highest BCUT2D eigenvalue weighted by Crippen LogP contribution is 2.33. The molecule has 92 valence electrons. The zero-order valence-corrected chi connectivity index (χ0v) is 11.3. The molecule has 3 N–H and O–H groups in total. The molecule has 6 heteroatoms. The van der Waals surface area contributed by atoms with Crippen LogP contribution in [-0.2, 0) is 4.74 Å². The molecule has 1 aliphatic heterocycles. The zero-order chi connectivity index (χ0) is 12.3. The number of nitrogen functional groups attached to an aromatic ring is 1. The van der Waals surface area contributed by atoms with Gasteiger partial charge in [0.15, 0.2) is 0 Å². The Morgan fingerprint density at radius 1 is 1.53 bits per heavy atom. The van der Waals surface area contributed by atoms with Gasteiger partial charge in [0.05, 0.1) is 11.6 Å². The van der Waals surface area contributed by atoms with E-state index in [9.17, 15) is 0 Å². The summed E-state index contributed by atoms with van der Waals surface area (Å²) in [7, 11) is 0. The first kappa shape index (κ1) is 12.5. The third kappa shape index (κ3) is 3.28. The number of hydrogen-bond donors (Lipinski definition) is 2. The SMILES string of the molecule is Nc1cc(Cl)c(OC=C2CNCCO2)cc1Br. The van der Waals surface area contributed by atoms with E-state index >= 15 is 0 Å². The minimum Gasteiger partial charge on any atom is -0.492 e. The average Bonchev–Trinajstić information content (AvgIpc) is 2.33. The van der Waals surface area contributed by atoms with Gasteiger partial charge in [-0.1, -0.05) is 11.6 Å². The molecular formula is C11H12BrClN2O2. The number of morpholine rings is 1. The lowest BCUT2D eigenvalue weighted by atomic mass is 10.3. The van der Waals surface area contributed by atoms with Crippen molar-refractivity contribution in [2.45, 2.75) is 0 Å². The van der Waals surface area contributed by atoms with E-state index < -0.39 is 0 Å². The van der Waals surface area contributed by atoms with Crippen LogP contribution in [0.15, 0.2) is 28.6 Å². The molecule has 0 spiro atoms. The van der Waals surface area contributed by atoms with Crippen molar-refractivity contribution in [3.8, 4) is 5.75 Å². The van der Waals surface area contributed by atoms with Gasteiger partial charge >= 0.3 is 0 Å². The van der Waals surface area contributed by atoms with Crippen molar-refractivity contribution in [1.29, 1.82) is 0 Å². The van der Waals surface area contributed by atoms with Crippen LogP contribution in [0.4, 0.5) is 5.69 Å². The monoisotopic (exact) mass is 318 g/mol. The van der Waals surface area contributed by atoms with Crippen molar-refractivity contribution >= 4 is 33.2 Å². The van der Waals surface area contributed by atoms with Gasteiger partial charge in [-0.25, -0.2) is 0 Å². The van der Waals surface area contributed by atoms with Crippen LogP contribution in [0.1, 0.15) is 0 Å². The maximum atomic E-state index is 6.01. The Labute approximate surface area is 113 Å². The van der Waals surface area contributed by atoms with Crippen molar-refractivity contribution in [3.05, 3.63) is 33.6 Å². The molecule has 1 heterocycles. The molecule has 0 aromatic heterocycles. The molecule has 2 rings (SSSR count). The van der Waals surface area contributed by atoms with Gasteiger partial charge < -0.3 is 20.5 Å². The van der Waals surface area contributed by atoms with Crippen LogP contribution in [0.3, 0.4) is 0 Å². The second kappa shape index (κ2) is 5.62. The maximum absolute atomic E-state index is 6.01. The number of rotatable bonds is 2. The first-order valence-electron chi connectivity index (χ1n) is 5.10. The number of halogens is 2. The van der Waals surface area contributed by atoms with E-state index in [-0.39, 0.29) is 0 Å². The molecule has 1 fully saturated rings. The van der Waals surface area contributed by atoms with E-state index in [2.05, 4.69) is 21.2 Å². The Bertz CT molecular complexity index is 443. The number of ether oxygens (including phenoxy) is 2. The normalized spacial score (nSPS) is 17.9. The van der Waals surface area contributed by atoms with Gasteiger partial charge in [0.25, 0.3) is 0 Å². The third-order valence-corrected chi connectivity index (χ3v) is 3.22. The summed E-state index contributed by atoms with van der Waals surface area (Å²) in [6, 6.07) is 3.37. The molecule has 17 heavy (non-hydrogen) atoms. The quantitative estimate of drug-likeness (QED) is 0.650. The van der Waals surface area contributed by atoms with Gasteiger partial charge in [0, 0.05) is 16.7 Å². The molecular weight excluding hydrogens is 307 g/mol. The Kier molecular flexibility index (Phi) is 4.15. The highest BCUT2D eigenvalue weighted by atomic mass is 79.9. The fourth-order valence-corrected chi connectivity index (χ4v) is 1.90. The molecule has 0 atom stereocenters. The zero-order valence-electron chi connectivity index (χ0n) is 9.00. The Morgan fingerprint density at radius 3 is 3.06 bits per heavy atom. The summed E-state index contributed by atoms with van der Waals surface area (Å²) in [4.78, 5) is 0. The number of benzene rings is 1. The molecule has 4 nitrogen and oxygen atoms in total. The van der Waals surface area contributed by atoms with Gasteiger partial charge in [-0.2, -0.15) is 0 Å². The lowest BCUT2D eigenvalue weighted by Gasteiger charge is -2.17. The van der Waals surface area contributed by atoms with Crippen LogP contribution in [0.2, 0.25) is 5.02 Å². The van der Waals surface area contributed by atoms with E-state index in [1.165, 1.54) is 0 Å². The minimum absolute atomic E-state index is 0.464. The topological polar surface area (TPSA) is 56.5 Å². The summed E-state index contributed by atoms with van der Waals surface area (Å²) >= 11 is 9.33. The molecule has 0 amide bonds. The van der Waals surface area contributed by atoms with Crippen molar-refractivity contribution in [2.75, 3.05) is 25.4 Å². The minimum atomic E-state index is 0.464. The molecule has 1 aromatic rings. The van der Waals surface area contributed by atoms with Crippen LogP contribution in [0, 0.1) is 0 Å². The molecule has 0 unspecified atom stereocenters. The Morgan fingerprint density at radius 2 is 2.35 bits per heavy atom. The first-order chi connectivity index (χ1) is 8.16. The van der Waals surface area contributed by atoms with Crippen molar-refractivity contribution in [2.24, 2.45) is 0 Å². The standard InChI is InChI=1S/C11H12BrClN2O2/c12-8-3-11(9(13)4-10(8)14)17-6-7-5-15-1-2-16-7/h3-4,6,15H,1-2,5,14H2. The molecule has 1 saturated heterocycles. The highest BCUT2D eigenvalue weighted by molar-refractivity contribution is 9.10. The van der Waals surface area contributed by atoms with Crippen LogP contribution in [0.5, 0.6) is 5.75 Å². The number of nitrogens with one attached hydrogen (secondary N) is 1. The molecule has 0 radical (unpaired) electrons. The van der Waals surface area contributed by atoms with E-state index in [0.29, 0.717) is 29.6 Å². The molecule has 1 aromatic carbocycles. The first-order valence-corrected chi connectivity index (χ1v) is 6.27. The number of nitrogens with two attached hydrogens (primary N) is 1. The summed E-state index contributed by atoms with van der Waals surface area (Å²) in [5.41, 5.74) is 6.27. The summed E-state index contributed by atoms with van der Waals surface area (Å²) in [5, 5.41) is 3.63.